The Morgan fingerprint density at radius 2 is 2.57 bits per heavy atom. The van der Waals surface area contributed by atoms with Crippen LogP contribution in [0.2, 0.25) is 0 Å². The molecule has 1 rings (SSSR count). The van der Waals surface area contributed by atoms with Crippen LogP contribution in [0.5, 0.6) is 0 Å². The van der Waals surface area contributed by atoms with Crippen molar-refractivity contribution in [3.8, 4) is 0 Å². The molecule has 1 aromatic heterocycles. The van der Waals surface area contributed by atoms with E-state index in [2.05, 4.69) is 5.32 Å². The number of carbonyl (C=O) groups is 1. The van der Waals surface area contributed by atoms with Crippen LogP contribution in [0.15, 0.2) is 35.1 Å². The molecule has 4 nitrogen and oxygen atoms in total. The van der Waals surface area contributed by atoms with E-state index in [-0.39, 0.29) is 6.04 Å². The molecule has 1 unspecified atom stereocenters. The highest BCUT2D eigenvalue weighted by Gasteiger charge is 2.02. The van der Waals surface area contributed by atoms with Gasteiger partial charge in [0.05, 0.1) is 6.26 Å². The number of hydrogen-bond donors (Lipinski definition) is 2. The third-order valence-corrected chi connectivity index (χ3v) is 1.69. The molecule has 0 spiro atoms. The molecule has 0 aliphatic carbocycles. The van der Waals surface area contributed by atoms with Gasteiger partial charge in [0.1, 0.15) is 5.76 Å². The Morgan fingerprint density at radius 3 is 3.14 bits per heavy atom. The molecule has 0 saturated carbocycles. The monoisotopic (exact) mass is 195 g/mol. The van der Waals surface area contributed by atoms with Gasteiger partial charge in [0.15, 0.2) is 0 Å². The van der Waals surface area contributed by atoms with Crippen molar-refractivity contribution in [1.29, 1.82) is 0 Å². The lowest BCUT2D eigenvalue weighted by Gasteiger charge is -2.08. The molecular weight excluding hydrogens is 182 g/mol. The van der Waals surface area contributed by atoms with Gasteiger partial charge in [0, 0.05) is 24.7 Å². The Bertz CT molecular complexity index is 303. The summed E-state index contributed by atoms with van der Waals surface area (Å²) in [5.74, 6) is -0.0728. The lowest BCUT2D eigenvalue weighted by Crippen LogP contribution is -2.22. The van der Waals surface area contributed by atoms with Gasteiger partial charge >= 0.3 is 5.97 Å². The Morgan fingerprint density at radius 1 is 1.79 bits per heavy atom. The van der Waals surface area contributed by atoms with Crippen molar-refractivity contribution >= 4 is 5.97 Å². The molecule has 0 bridgehead atoms. The van der Waals surface area contributed by atoms with Crippen LogP contribution in [0.4, 0.5) is 0 Å². The van der Waals surface area contributed by atoms with E-state index in [1.165, 1.54) is 6.20 Å². The predicted molar refractivity (Wildman–Crippen MR) is 51.8 cm³/mol. The minimum Gasteiger partial charge on any atom is -0.478 e. The summed E-state index contributed by atoms with van der Waals surface area (Å²) in [6, 6.07) is 3.87. The second-order valence-corrected chi connectivity index (χ2v) is 3.02. The Hall–Kier alpha value is -1.71. The zero-order valence-electron chi connectivity index (χ0n) is 7.93. The number of furan rings is 1. The quantitative estimate of drug-likeness (QED) is 0.697. The molecule has 0 amide bonds. The standard InChI is InChI=1S/C10H13NO3/c1-8(11-5-4-10(12)13)7-9-3-2-6-14-9/h2-6,8,11H,7H2,1H3,(H,12,13)/b5-4+. The molecule has 0 aromatic carbocycles. The minimum atomic E-state index is -0.956. The van der Waals surface area contributed by atoms with Crippen molar-refractivity contribution in [2.75, 3.05) is 0 Å². The normalized spacial score (nSPS) is 12.9. The highest BCUT2D eigenvalue weighted by atomic mass is 16.4. The summed E-state index contributed by atoms with van der Waals surface area (Å²) in [5.41, 5.74) is 0. The van der Waals surface area contributed by atoms with Crippen LogP contribution in [0.3, 0.4) is 0 Å². The second-order valence-electron chi connectivity index (χ2n) is 3.02. The van der Waals surface area contributed by atoms with Crippen molar-refractivity contribution in [1.82, 2.24) is 5.32 Å². The predicted octanol–water partition coefficient (Wildman–Crippen LogP) is 1.40. The van der Waals surface area contributed by atoms with Gasteiger partial charge in [-0.05, 0) is 19.1 Å². The third-order valence-electron chi connectivity index (χ3n) is 1.69. The Kier molecular flexibility index (Phi) is 3.79. The lowest BCUT2D eigenvalue weighted by atomic mass is 10.2. The summed E-state index contributed by atoms with van der Waals surface area (Å²) in [7, 11) is 0. The molecule has 0 aliphatic heterocycles. The van der Waals surface area contributed by atoms with Crippen LogP contribution in [0, 0.1) is 0 Å². The molecule has 0 saturated heterocycles. The smallest absolute Gasteiger partial charge is 0.329 e. The van der Waals surface area contributed by atoms with E-state index in [4.69, 9.17) is 9.52 Å². The maximum atomic E-state index is 10.2. The molecule has 1 atom stereocenters. The molecule has 1 aromatic rings. The van der Waals surface area contributed by atoms with Crippen molar-refractivity contribution in [2.45, 2.75) is 19.4 Å². The van der Waals surface area contributed by atoms with Crippen LogP contribution in [-0.2, 0) is 11.2 Å². The first-order valence-corrected chi connectivity index (χ1v) is 4.36. The molecule has 4 heteroatoms. The first-order valence-electron chi connectivity index (χ1n) is 4.36. The van der Waals surface area contributed by atoms with E-state index in [1.54, 1.807) is 6.26 Å². The van der Waals surface area contributed by atoms with E-state index < -0.39 is 5.97 Å². The van der Waals surface area contributed by atoms with Gasteiger partial charge in [0.2, 0.25) is 0 Å². The van der Waals surface area contributed by atoms with Gasteiger partial charge in [-0.25, -0.2) is 4.79 Å². The fourth-order valence-corrected chi connectivity index (χ4v) is 1.07. The highest BCUT2D eigenvalue weighted by molar-refractivity contribution is 5.79. The fourth-order valence-electron chi connectivity index (χ4n) is 1.07. The third kappa shape index (κ3) is 3.80. The number of aliphatic carboxylic acids is 1. The summed E-state index contributed by atoms with van der Waals surface area (Å²) < 4.78 is 5.15. The van der Waals surface area contributed by atoms with Crippen molar-refractivity contribution in [2.24, 2.45) is 0 Å². The zero-order valence-corrected chi connectivity index (χ0v) is 7.93. The van der Waals surface area contributed by atoms with Gasteiger partial charge in [-0.3, -0.25) is 0 Å². The largest absolute Gasteiger partial charge is 0.478 e. The van der Waals surface area contributed by atoms with Gasteiger partial charge in [-0.1, -0.05) is 0 Å². The van der Waals surface area contributed by atoms with Gasteiger partial charge in [-0.2, -0.15) is 0 Å². The molecule has 76 valence electrons. The second kappa shape index (κ2) is 5.11. The number of carboxylic acid groups (broad SMARTS) is 1. The van der Waals surface area contributed by atoms with E-state index >= 15 is 0 Å². The van der Waals surface area contributed by atoms with Crippen LogP contribution >= 0.6 is 0 Å². The molecule has 14 heavy (non-hydrogen) atoms. The molecule has 2 N–H and O–H groups in total. The first kappa shape index (κ1) is 10.4. The molecule has 0 radical (unpaired) electrons. The maximum absolute atomic E-state index is 10.2. The van der Waals surface area contributed by atoms with E-state index in [0.29, 0.717) is 0 Å². The summed E-state index contributed by atoms with van der Waals surface area (Å²) >= 11 is 0. The fraction of sp³-hybridized carbons (Fsp3) is 0.300. The summed E-state index contributed by atoms with van der Waals surface area (Å²) in [6.07, 6.45) is 4.85. The van der Waals surface area contributed by atoms with E-state index in [1.807, 2.05) is 19.1 Å². The van der Waals surface area contributed by atoms with Gasteiger partial charge in [-0.15, -0.1) is 0 Å². The van der Waals surface area contributed by atoms with Crippen molar-refractivity contribution in [3.05, 3.63) is 36.4 Å². The topological polar surface area (TPSA) is 62.5 Å². The summed E-state index contributed by atoms with van der Waals surface area (Å²) in [5, 5.41) is 11.3. The summed E-state index contributed by atoms with van der Waals surface area (Å²) in [6.45, 7) is 1.95. The zero-order chi connectivity index (χ0) is 10.4. The number of carboxylic acids is 1. The number of nitrogens with one attached hydrogen (secondary N) is 1. The van der Waals surface area contributed by atoms with E-state index in [9.17, 15) is 4.79 Å². The number of rotatable bonds is 5. The highest BCUT2D eigenvalue weighted by Crippen LogP contribution is 2.03. The summed E-state index contributed by atoms with van der Waals surface area (Å²) in [4.78, 5) is 10.2. The first-order chi connectivity index (χ1) is 6.68. The SMILES string of the molecule is CC(Cc1ccco1)N/C=C/C(=O)O. The maximum Gasteiger partial charge on any atom is 0.329 e. The lowest BCUT2D eigenvalue weighted by molar-refractivity contribution is -0.131. The van der Waals surface area contributed by atoms with Gasteiger partial charge < -0.3 is 14.8 Å². The molecule has 0 aliphatic rings. The average Bonchev–Trinajstić information content (AvgIpc) is 2.56. The average molecular weight is 195 g/mol. The van der Waals surface area contributed by atoms with Crippen molar-refractivity contribution < 1.29 is 14.3 Å². The molecular formula is C10H13NO3. The van der Waals surface area contributed by atoms with Crippen molar-refractivity contribution in [3.63, 3.8) is 0 Å². The van der Waals surface area contributed by atoms with Crippen LogP contribution < -0.4 is 5.32 Å². The number of hydrogen-bond acceptors (Lipinski definition) is 3. The molecule has 0 fully saturated rings. The van der Waals surface area contributed by atoms with Gasteiger partial charge in [0.25, 0.3) is 0 Å². The van der Waals surface area contributed by atoms with Crippen LogP contribution in [0.1, 0.15) is 12.7 Å². The van der Waals surface area contributed by atoms with E-state index in [0.717, 1.165) is 18.3 Å². The van der Waals surface area contributed by atoms with Crippen LogP contribution in [-0.4, -0.2) is 17.1 Å². The molecule has 1 heterocycles. The minimum absolute atomic E-state index is 0.150. The Labute approximate surface area is 82.2 Å². The Balaban J connectivity index is 2.29. The van der Waals surface area contributed by atoms with Crippen LogP contribution in [0.25, 0.3) is 0 Å².